The van der Waals surface area contributed by atoms with Crippen molar-refractivity contribution in [2.75, 3.05) is 6.54 Å². The van der Waals surface area contributed by atoms with Crippen molar-refractivity contribution in [3.63, 3.8) is 0 Å². The van der Waals surface area contributed by atoms with Crippen LogP contribution in [0.3, 0.4) is 0 Å². The molecule has 1 aliphatic carbocycles. The lowest BCUT2D eigenvalue weighted by atomic mass is 9.97. The molecule has 1 amide bonds. The highest BCUT2D eigenvalue weighted by atomic mass is 16.4. The van der Waals surface area contributed by atoms with E-state index in [1.165, 1.54) is 4.90 Å². The molecule has 1 heterocycles. The summed E-state index contributed by atoms with van der Waals surface area (Å²) in [5.41, 5.74) is 5.27. The topological polar surface area (TPSA) is 83.6 Å². The fourth-order valence-corrected chi connectivity index (χ4v) is 2.77. The fraction of sp³-hybridized carbons (Fsp3) is 0.818. The summed E-state index contributed by atoms with van der Waals surface area (Å²) in [6.45, 7) is 0.536. The molecule has 1 unspecified atom stereocenters. The lowest BCUT2D eigenvalue weighted by Gasteiger charge is -2.31. The molecular weight excluding hydrogens is 208 g/mol. The van der Waals surface area contributed by atoms with Crippen molar-refractivity contribution in [1.82, 2.24) is 4.90 Å². The average Bonchev–Trinajstić information content (AvgIpc) is 2.85. The van der Waals surface area contributed by atoms with Gasteiger partial charge >= 0.3 is 5.97 Å². The van der Waals surface area contributed by atoms with Gasteiger partial charge in [0.05, 0.1) is 5.54 Å². The number of aliphatic carboxylic acids is 1. The summed E-state index contributed by atoms with van der Waals surface area (Å²) in [6, 6.07) is -0.659. The molecule has 0 bridgehead atoms. The lowest BCUT2D eigenvalue weighted by Crippen LogP contribution is -2.56. The molecule has 0 aromatic rings. The number of carboxylic acids is 1. The van der Waals surface area contributed by atoms with Gasteiger partial charge in [-0.3, -0.25) is 4.79 Å². The smallest absolute Gasteiger partial charge is 0.326 e. The Labute approximate surface area is 94.6 Å². The van der Waals surface area contributed by atoms with Gasteiger partial charge in [0.15, 0.2) is 0 Å². The van der Waals surface area contributed by atoms with Gasteiger partial charge in [0.25, 0.3) is 0 Å². The number of likely N-dealkylation sites (tertiary alicyclic amines) is 1. The lowest BCUT2D eigenvalue weighted by molar-refractivity contribution is -0.150. The van der Waals surface area contributed by atoms with Crippen LogP contribution in [0, 0.1) is 0 Å². The van der Waals surface area contributed by atoms with Crippen LogP contribution in [0.15, 0.2) is 0 Å². The summed E-state index contributed by atoms with van der Waals surface area (Å²) in [7, 11) is 0. The Balaban J connectivity index is 2.12. The summed E-state index contributed by atoms with van der Waals surface area (Å²) < 4.78 is 0. The van der Waals surface area contributed by atoms with Gasteiger partial charge in [-0.15, -0.1) is 0 Å². The van der Waals surface area contributed by atoms with Gasteiger partial charge in [-0.25, -0.2) is 4.79 Å². The SMILES string of the molecule is NC1(C(=O)N2CCCC2C(=O)O)CCCC1. The van der Waals surface area contributed by atoms with E-state index >= 15 is 0 Å². The minimum atomic E-state index is -0.910. The molecule has 0 aromatic carbocycles. The molecule has 2 fully saturated rings. The van der Waals surface area contributed by atoms with Crippen LogP contribution in [0.5, 0.6) is 0 Å². The van der Waals surface area contributed by atoms with Gasteiger partial charge in [0, 0.05) is 6.54 Å². The number of amides is 1. The Hall–Kier alpha value is -1.10. The van der Waals surface area contributed by atoms with E-state index in [0.29, 0.717) is 25.8 Å². The van der Waals surface area contributed by atoms with Crippen LogP contribution < -0.4 is 5.73 Å². The fourth-order valence-electron chi connectivity index (χ4n) is 2.77. The first-order valence-corrected chi connectivity index (χ1v) is 5.87. The van der Waals surface area contributed by atoms with Crippen LogP contribution in [0.25, 0.3) is 0 Å². The molecule has 2 aliphatic rings. The number of carbonyl (C=O) groups is 2. The predicted octanol–water partition coefficient (Wildman–Crippen LogP) is 0.333. The van der Waals surface area contributed by atoms with E-state index < -0.39 is 17.6 Å². The summed E-state index contributed by atoms with van der Waals surface area (Å²) in [5, 5.41) is 9.02. The normalized spacial score (nSPS) is 28.3. The van der Waals surface area contributed by atoms with Crippen molar-refractivity contribution in [3.8, 4) is 0 Å². The van der Waals surface area contributed by atoms with E-state index in [1.54, 1.807) is 0 Å². The second-order valence-corrected chi connectivity index (χ2v) is 4.86. The van der Waals surface area contributed by atoms with Crippen molar-refractivity contribution >= 4 is 11.9 Å². The van der Waals surface area contributed by atoms with Crippen LogP contribution in [-0.4, -0.2) is 40.0 Å². The van der Waals surface area contributed by atoms with Gasteiger partial charge in [-0.05, 0) is 25.7 Å². The molecule has 5 nitrogen and oxygen atoms in total. The van der Waals surface area contributed by atoms with Gasteiger partial charge in [-0.1, -0.05) is 12.8 Å². The third-order valence-electron chi connectivity index (χ3n) is 3.72. The highest BCUT2D eigenvalue weighted by molar-refractivity contribution is 5.90. The highest BCUT2D eigenvalue weighted by Gasteiger charge is 2.44. The molecular formula is C11H18N2O3. The third-order valence-corrected chi connectivity index (χ3v) is 3.72. The maximum atomic E-state index is 12.2. The molecule has 1 saturated carbocycles. The van der Waals surface area contributed by atoms with Crippen LogP contribution in [0.4, 0.5) is 0 Å². The minimum Gasteiger partial charge on any atom is -0.480 e. The van der Waals surface area contributed by atoms with Crippen molar-refractivity contribution in [2.24, 2.45) is 5.73 Å². The van der Waals surface area contributed by atoms with E-state index in [0.717, 1.165) is 19.3 Å². The van der Waals surface area contributed by atoms with E-state index in [4.69, 9.17) is 10.8 Å². The van der Waals surface area contributed by atoms with Gasteiger partial charge < -0.3 is 15.7 Å². The summed E-state index contributed by atoms with van der Waals surface area (Å²) in [4.78, 5) is 24.7. The first-order valence-electron chi connectivity index (χ1n) is 5.87. The molecule has 0 aromatic heterocycles. The first-order chi connectivity index (χ1) is 7.54. The van der Waals surface area contributed by atoms with E-state index in [2.05, 4.69) is 0 Å². The number of rotatable bonds is 2. The summed E-state index contributed by atoms with van der Waals surface area (Å²) in [6.07, 6.45) is 4.63. The highest BCUT2D eigenvalue weighted by Crippen LogP contribution is 2.31. The zero-order valence-corrected chi connectivity index (χ0v) is 9.32. The zero-order chi connectivity index (χ0) is 11.8. The monoisotopic (exact) mass is 226 g/mol. The van der Waals surface area contributed by atoms with Crippen molar-refractivity contribution < 1.29 is 14.7 Å². The summed E-state index contributed by atoms with van der Waals surface area (Å²) >= 11 is 0. The van der Waals surface area contributed by atoms with Crippen LogP contribution >= 0.6 is 0 Å². The van der Waals surface area contributed by atoms with E-state index in [-0.39, 0.29) is 5.91 Å². The second kappa shape index (κ2) is 4.05. The Kier molecular flexibility index (Phi) is 2.88. The number of carboxylic acid groups (broad SMARTS) is 1. The Morgan fingerprint density at radius 1 is 1.25 bits per heavy atom. The number of nitrogens with two attached hydrogens (primary N) is 1. The largest absolute Gasteiger partial charge is 0.480 e. The molecule has 1 atom stereocenters. The second-order valence-electron chi connectivity index (χ2n) is 4.86. The zero-order valence-electron chi connectivity index (χ0n) is 9.32. The van der Waals surface area contributed by atoms with Crippen molar-refractivity contribution in [1.29, 1.82) is 0 Å². The maximum absolute atomic E-state index is 12.2. The molecule has 16 heavy (non-hydrogen) atoms. The maximum Gasteiger partial charge on any atom is 0.326 e. The molecule has 2 rings (SSSR count). The molecule has 3 N–H and O–H groups in total. The van der Waals surface area contributed by atoms with Gasteiger partial charge in [0.1, 0.15) is 6.04 Å². The Morgan fingerprint density at radius 2 is 1.88 bits per heavy atom. The molecule has 1 saturated heterocycles. The van der Waals surface area contributed by atoms with Crippen molar-refractivity contribution in [2.45, 2.75) is 50.1 Å². The number of carbonyl (C=O) groups excluding carboxylic acids is 1. The Bertz CT molecular complexity index is 310. The molecule has 0 spiro atoms. The van der Waals surface area contributed by atoms with Gasteiger partial charge in [0.2, 0.25) is 5.91 Å². The number of hydrogen-bond acceptors (Lipinski definition) is 3. The predicted molar refractivity (Wildman–Crippen MR) is 57.8 cm³/mol. The van der Waals surface area contributed by atoms with Gasteiger partial charge in [-0.2, -0.15) is 0 Å². The quantitative estimate of drug-likeness (QED) is 0.711. The molecule has 90 valence electrons. The average molecular weight is 226 g/mol. The van der Waals surface area contributed by atoms with Crippen LogP contribution in [-0.2, 0) is 9.59 Å². The number of hydrogen-bond donors (Lipinski definition) is 2. The van der Waals surface area contributed by atoms with E-state index in [9.17, 15) is 9.59 Å². The molecule has 1 aliphatic heterocycles. The van der Waals surface area contributed by atoms with Crippen molar-refractivity contribution in [3.05, 3.63) is 0 Å². The third kappa shape index (κ3) is 1.80. The molecule has 5 heteroatoms. The standard InChI is InChI=1S/C11H18N2O3/c12-11(5-1-2-6-11)10(16)13-7-3-4-8(13)9(14)15/h8H,1-7,12H2,(H,14,15). The Morgan fingerprint density at radius 3 is 2.44 bits per heavy atom. The van der Waals surface area contributed by atoms with Crippen LogP contribution in [0.2, 0.25) is 0 Å². The van der Waals surface area contributed by atoms with E-state index in [1.807, 2.05) is 0 Å². The first kappa shape index (κ1) is 11.4. The minimum absolute atomic E-state index is 0.157. The van der Waals surface area contributed by atoms with Crippen LogP contribution in [0.1, 0.15) is 38.5 Å². The number of nitrogens with zero attached hydrogens (tertiary/aromatic N) is 1. The summed E-state index contributed by atoms with van der Waals surface area (Å²) in [5.74, 6) is -1.07. The molecule has 0 radical (unpaired) electrons.